The van der Waals surface area contributed by atoms with E-state index in [0.717, 1.165) is 0 Å². The molecule has 0 aliphatic rings. The van der Waals surface area contributed by atoms with Crippen molar-refractivity contribution in [1.82, 2.24) is 5.32 Å². The maximum absolute atomic E-state index is 11.9. The Balaban J connectivity index is 2.07. The van der Waals surface area contributed by atoms with Crippen LogP contribution >= 0.6 is 0 Å². The van der Waals surface area contributed by atoms with E-state index < -0.39 is 11.8 Å². The Morgan fingerprint density at radius 3 is 2.56 bits per heavy atom. The number of primary amides is 1. The van der Waals surface area contributed by atoms with E-state index in [4.69, 9.17) is 15.2 Å². The van der Waals surface area contributed by atoms with Gasteiger partial charge in [-0.05, 0) is 35.9 Å². The first kappa shape index (κ1) is 17.9. The Bertz CT molecular complexity index is 787. The molecule has 7 nitrogen and oxygen atoms in total. The summed E-state index contributed by atoms with van der Waals surface area (Å²) in [6.07, 6.45) is 1.38. The molecule has 0 aromatic heterocycles. The number of para-hydroxylation sites is 1. The Kier molecular flexibility index (Phi) is 6.00. The van der Waals surface area contributed by atoms with Gasteiger partial charge < -0.3 is 25.6 Å². The van der Waals surface area contributed by atoms with E-state index >= 15 is 0 Å². The number of aromatic hydroxyl groups is 1. The molecule has 25 heavy (non-hydrogen) atoms. The molecular formula is C18H18N2O5. The molecule has 0 saturated heterocycles. The molecule has 0 saturated carbocycles. The van der Waals surface area contributed by atoms with Crippen LogP contribution in [-0.2, 0) is 9.59 Å². The van der Waals surface area contributed by atoms with Crippen LogP contribution in [0.4, 0.5) is 0 Å². The summed E-state index contributed by atoms with van der Waals surface area (Å²) in [4.78, 5) is 23.5. The van der Waals surface area contributed by atoms with E-state index in [1.807, 2.05) is 6.07 Å². The highest BCUT2D eigenvalue weighted by molar-refractivity contribution is 6.00. The molecule has 4 N–H and O–H groups in total. The van der Waals surface area contributed by atoms with Crippen LogP contribution in [0.3, 0.4) is 0 Å². The van der Waals surface area contributed by atoms with Crippen LogP contribution in [0.1, 0.15) is 5.56 Å². The molecular weight excluding hydrogens is 324 g/mol. The van der Waals surface area contributed by atoms with Crippen LogP contribution in [0.5, 0.6) is 17.2 Å². The Labute approximate surface area is 144 Å². The molecule has 0 spiro atoms. The molecule has 0 unspecified atom stereocenters. The minimum atomic E-state index is -0.805. The van der Waals surface area contributed by atoms with Gasteiger partial charge in [0.15, 0.2) is 18.1 Å². The average molecular weight is 342 g/mol. The monoisotopic (exact) mass is 342 g/mol. The van der Waals surface area contributed by atoms with Gasteiger partial charge in [0.1, 0.15) is 11.4 Å². The molecule has 7 heteroatoms. The van der Waals surface area contributed by atoms with Crippen LogP contribution < -0.4 is 20.5 Å². The first-order valence-corrected chi connectivity index (χ1v) is 7.36. The van der Waals surface area contributed by atoms with E-state index in [-0.39, 0.29) is 23.8 Å². The molecule has 2 amide bonds. The molecule has 0 heterocycles. The van der Waals surface area contributed by atoms with Crippen molar-refractivity contribution in [3.63, 3.8) is 0 Å². The fourth-order valence-electron chi connectivity index (χ4n) is 1.97. The third kappa shape index (κ3) is 5.28. The van der Waals surface area contributed by atoms with Crippen molar-refractivity contribution in [3.05, 3.63) is 59.8 Å². The number of methoxy groups -OCH3 is 1. The number of phenols is 1. The highest BCUT2D eigenvalue weighted by Gasteiger charge is 2.11. The normalized spacial score (nSPS) is 10.8. The SMILES string of the molecule is COc1cc(/C=C(\NC(=O)COc2ccccc2)C(N)=O)ccc1O. The van der Waals surface area contributed by atoms with Gasteiger partial charge in [0.2, 0.25) is 0 Å². The largest absolute Gasteiger partial charge is 0.504 e. The molecule has 2 rings (SSSR count). The lowest BCUT2D eigenvalue weighted by Gasteiger charge is -2.09. The van der Waals surface area contributed by atoms with Crippen molar-refractivity contribution in [1.29, 1.82) is 0 Å². The van der Waals surface area contributed by atoms with Crippen LogP contribution in [0.15, 0.2) is 54.2 Å². The van der Waals surface area contributed by atoms with Gasteiger partial charge in [-0.25, -0.2) is 0 Å². The second-order valence-corrected chi connectivity index (χ2v) is 5.00. The summed E-state index contributed by atoms with van der Waals surface area (Å²) in [6, 6.07) is 13.3. The van der Waals surface area contributed by atoms with Gasteiger partial charge in [-0.3, -0.25) is 9.59 Å². The van der Waals surface area contributed by atoms with E-state index in [9.17, 15) is 14.7 Å². The molecule has 0 bridgehead atoms. The predicted octanol–water partition coefficient (Wildman–Crippen LogP) is 1.42. The number of nitrogens with two attached hydrogens (primary N) is 1. The zero-order valence-corrected chi connectivity index (χ0v) is 13.6. The maximum Gasteiger partial charge on any atom is 0.265 e. The maximum atomic E-state index is 11.9. The third-order valence-electron chi connectivity index (χ3n) is 3.17. The molecule has 0 atom stereocenters. The zero-order chi connectivity index (χ0) is 18.2. The third-order valence-corrected chi connectivity index (χ3v) is 3.17. The lowest BCUT2D eigenvalue weighted by Crippen LogP contribution is -2.34. The number of ether oxygens (including phenoxy) is 2. The highest BCUT2D eigenvalue weighted by atomic mass is 16.5. The van der Waals surface area contributed by atoms with E-state index in [2.05, 4.69) is 5.32 Å². The Morgan fingerprint density at radius 1 is 1.20 bits per heavy atom. The number of amides is 2. The molecule has 0 fully saturated rings. The fraction of sp³-hybridized carbons (Fsp3) is 0.111. The minimum Gasteiger partial charge on any atom is -0.504 e. The number of carbonyl (C=O) groups is 2. The number of nitrogens with one attached hydrogen (secondary N) is 1. The van der Waals surface area contributed by atoms with E-state index in [1.54, 1.807) is 30.3 Å². The second-order valence-electron chi connectivity index (χ2n) is 5.00. The summed E-state index contributed by atoms with van der Waals surface area (Å²) in [6.45, 7) is -0.270. The summed E-state index contributed by atoms with van der Waals surface area (Å²) in [7, 11) is 1.40. The topological polar surface area (TPSA) is 111 Å². The van der Waals surface area contributed by atoms with Gasteiger partial charge >= 0.3 is 0 Å². The summed E-state index contributed by atoms with van der Waals surface area (Å²) < 4.78 is 10.3. The Hall–Kier alpha value is -3.48. The number of hydrogen-bond acceptors (Lipinski definition) is 5. The summed E-state index contributed by atoms with van der Waals surface area (Å²) in [5.41, 5.74) is 5.72. The Morgan fingerprint density at radius 2 is 1.92 bits per heavy atom. The van der Waals surface area contributed by atoms with Gasteiger partial charge in [-0.15, -0.1) is 0 Å². The van der Waals surface area contributed by atoms with Crippen molar-refractivity contribution >= 4 is 17.9 Å². The molecule has 0 aliphatic carbocycles. The van der Waals surface area contributed by atoms with Gasteiger partial charge in [0, 0.05) is 0 Å². The highest BCUT2D eigenvalue weighted by Crippen LogP contribution is 2.27. The quantitative estimate of drug-likeness (QED) is 0.659. The summed E-state index contributed by atoms with van der Waals surface area (Å²) in [5, 5.41) is 12.0. The summed E-state index contributed by atoms with van der Waals surface area (Å²) >= 11 is 0. The first-order chi connectivity index (χ1) is 12.0. The van der Waals surface area contributed by atoms with Crippen molar-refractivity contribution in [2.45, 2.75) is 0 Å². The lowest BCUT2D eigenvalue weighted by molar-refractivity contribution is -0.124. The number of phenolic OH excluding ortho intramolecular Hbond substituents is 1. The van der Waals surface area contributed by atoms with E-state index in [0.29, 0.717) is 11.3 Å². The number of hydrogen-bond donors (Lipinski definition) is 3. The lowest BCUT2D eigenvalue weighted by atomic mass is 10.1. The van der Waals surface area contributed by atoms with Crippen LogP contribution in [0.25, 0.3) is 6.08 Å². The molecule has 2 aromatic rings. The minimum absolute atomic E-state index is 0.0411. The molecule has 0 radical (unpaired) electrons. The van der Waals surface area contributed by atoms with Crippen LogP contribution in [0, 0.1) is 0 Å². The fourth-order valence-corrected chi connectivity index (χ4v) is 1.97. The zero-order valence-electron chi connectivity index (χ0n) is 13.6. The number of rotatable bonds is 7. The predicted molar refractivity (Wildman–Crippen MR) is 91.9 cm³/mol. The smallest absolute Gasteiger partial charge is 0.265 e. The summed E-state index contributed by atoms with van der Waals surface area (Å²) in [5.74, 6) is -0.609. The molecule has 0 aliphatic heterocycles. The standard InChI is InChI=1S/C18H18N2O5/c1-24-16-10-12(7-8-15(16)21)9-14(18(19)23)20-17(22)11-25-13-5-3-2-4-6-13/h2-10,21H,11H2,1H3,(H2,19,23)(H,20,22)/b14-9-. The first-order valence-electron chi connectivity index (χ1n) is 7.36. The van der Waals surface area contributed by atoms with Gasteiger partial charge in [-0.1, -0.05) is 24.3 Å². The van der Waals surface area contributed by atoms with Crippen molar-refractivity contribution in [2.24, 2.45) is 5.73 Å². The van der Waals surface area contributed by atoms with Crippen LogP contribution in [0.2, 0.25) is 0 Å². The van der Waals surface area contributed by atoms with Crippen LogP contribution in [-0.4, -0.2) is 30.6 Å². The van der Waals surface area contributed by atoms with Crippen molar-refractivity contribution in [3.8, 4) is 17.2 Å². The molecule has 2 aromatic carbocycles. The van der Waals surface area contributed by atoms with Gasteiger partial charge in [-0.2, -0.15) is 0 Å². The van der Waals surface area contributed by atoms with Crippen molar-refractivity contribution < 1.29 is 24.2 Å². The second kappa shape index (κ2) is 8.39. The molecule has 130 valence electrons. The average Bonchev–Trinajstić information content (AvgIpc) is 2.61. The van der Waals surface area contributed by atoms with E-state index in [1.165, 1.54) is 25.3 Å². The van der Waals surface area contributed by atoms with Crippen molar-refractivity contribution in [2.75, 3.05) is 13.7 Å². The van der Waals surface area contributed by atoms with Gasteiger partial charge in [0.25, 0.3) is 11.8 Å². The van der Waals surface area contributed by atoms with Gasteiger partial charge in [0.05, 0.1) is 7.11 Å². The number of benzene rings is 2. The number of carbonyl (C=O) groups excluding carboxylic acids is 2.